The van der Waals surface area contributed by atoms with Crippen LogP contribution in [0.1, 0.15) is 42.6 Å². The van der Waals surface area contributed by atoms with E-state index in [4.69, 9.17) is 0 Å². The van der Waals surface area contributed by atoms with E-state index >= 15 is 0 Å². The van der Waals surface area contributed by atoms with Crippen molar-refractivity contribution in [3.8, 4) is 0 Å². The van der Waals surface area contributed by atoms with Gasteiger partial charge in [0.15, 0.2) is 10.1 Å². The van der Waals surface area contributed by atoms with Gasteiger partial charge in [0.1, 0.15) is 0 Å². The maximum atomic E-state index is 12.5. The van der Waals surface area contributed by atoms with Gasteiger partial charge in [0.05, 0.1) is 5.25 Å². The van der Waals surface area contributed by atoms with Crippen molar-refractivity contribution in [2.75, 3.05) is 5.32 Å². The largest absolute Gasteiger partial charge is 0.357 e. The van der Waals surface area contributed by atoms with Crippen molar-refractivity contribution >= 4 is 34.0 Å². The summed E-state index contributed by atoms with van der Waals surface area (Å²) in [5.41, 5.74) is 2.01. The topological polar surface area (TPSA) is 54.9 Å². The molecule has 1 saturated carbocycles. The lowest BCUT2D eigenvalue weighted by atomic mass is 10.1. The summed E-state index contributed by atoms with van der Waals surface area (Å²) in [7, 11) is 0. The minimum Gasteiger partial charge on any atom is -0.357 e. The minimum atomic E-state index is -0.158. The van der Waals surface area contributed by atoms with Gasteiger partial charge < -0.3 is 5.32 Å². The molecule has 1 fully saturated rings. The molecule has 1 aromatic heterocycles. The number of thioether (sulfide) groups is 1. The van der Waals surface area contributed by atoms with Crippen LogP contribution in [0, 0.1) is 0 Å². The molecule has 1 unspecified atom stereocenters. The predicted molar refractivity (Wildman–Crippen MR) is 92.0 cm³/mol. The van der Waals surface area contributed by atoms with Gasteiger partial charge in [-0.25, -0.2) is 0 Å². The van der Waals surface area contributed by atoms with Gasteiger partial charge in [0, 0.05) is 11.6 Å². The molecule has 1 aromatic carbocycles. The van der Waals surface area contributed by atoms with Crippen molar-refractivity contribution in [1.82, 2.24) is 10.2 Å². The van der Waals surface area contributed by atoms with Gasteiger partial charge >= 0.3 is 0 Å². The molecule has 0 amide bonds. The molecule has 1 aliphatic carbocycles. The number of Topliss-reactive ketones (excluding diaryl/α,β-unsaturated/α-hetero) is 1. The van der Waals surface area contributed by atoms with Crippen molar-refractivity contribution < 1.29 is 4.79 Å². The number of anilines is 1. The Morgan fingerprint density at radius 2 is 2.09 bits per heavy atom. The van der Waals surface area contributed by atoms with Crippen LogP contribution in [0.4, 0.5) is 5.13 Å². The summed E-state index contributed by atoms with van der Waals surface area (Å²) in [6.07, 6.45) is 3.41. The van der Waals surface area contributed by atoms with Crippen molar-refractivity contribution in [2.45, 2.75) is 48.7 Å². The number of hydrogen-bond acceptors (Lipinski definition) is 6. The van der Waals surface area contributed by atoms with E-state index < -0.39 is 0 Å². The number of carbonyl (C=O) groups excluding carboxylic acids is 1. The van der Waals surface area contributed by atoms with E-state index in [-0.39, 0.29) is 11.0 Å². The maximum Gasteiger partial charge on any atom is 0.206 e. The molecule has 6 heteroatoms. The molecule has 1 heterocycles. The van der Waals surface area contributed by atoms with E-state index in [9.17, 15) is 4.79 Å². The summed E-state index contributed by atoms with van der Waals surface area (Å²) < 4.78 is 0.842. The van der Waals surface area contributed by atoms with E-state index in [1.165, 1.54) is 41.5 Å². The van der Waals surface area contributed by atoms with Gasteiger partial charge in [-0.2, -0.15) is 0 Å². The number of rotatable bonds is 7. The fourth-order valence-electron chi connectivity index (χ4n) is 2.06. The van der Waals surface area contributed by atoms with E-state index in [1.54, 1.807) is 0 Å². The fraction of sp³-hybridized carbons (Fsp3) is 0.438. The van der Waals surface area contributed by atoms with E-state index in [1.807, 2.05) is 31.2 Å². The Hall–Kier alpha value is -1.40. The van der Waals surface area contributed by atoms with Gasteiger partial charge in [-0.1, -0.05) is 54.3 Å². The number of hydrogen-bond donors (Lipinski definition) is 1. The fourth-order valence-corrected chi connectivity index (χ4v) is 4.11. The zero-order valence-corrected chi connectivity index (χ0v) is 14.3. The highest BCUT2D eigenvalue weighted by Crippen LogP contribution is 2.32. The van der Waals surface area contributed by atoms with Crippen LogP contribution >= 0.6 is 23.1 Å². The Morgan fingerprint density at radius 3 is 2.73 bits per heavy atom. The van der Waals surface area contributed by atoms with Crippen molar-refractivity contribution in [2.24, 2.45) is 0 Å². The van der Waals surface area contributed by atoms with E-state index in [2.05, 4.69) is 22.4 Å². The Bertz CT molecular complexity index is 650. The van der Waals surface area contributed by atoms with Crippen molar-refractivity contribution in [3.63, 3.8) is 0 Å². The Morgan fingerprint density at radius 1 is 1.36 bits per heavy atom. The summed E-state index contributed by atoms with van der Waals surface area (Å²) in [6, 6.07) is 8.44. The summed E-state index contributed by atoms with van der Waals surface area (Å²) >= 11 is 3.01. The molecule has 2 aromatic rings. The van der Waals surface area contributed by atoms with Gasteiger partial charge in [-0.3, -0.25) is 4.79 Å². The first-order valence-electron chi connectivity index (χ1n) is 7.55. The average Bonchev–Trinajstić information content (AvgIpc) is 3.25. The number of nitrogens with zero attached hydrogens (tertiary/aromatic N) is 2. The van der Waals surface area contributed by atoms with Gasteiger partial charge in [-0.15, -0.1) is 10.2 Å². The highest BCUT2D eigenvalue weighted by molar-refractivity contribution is 8.02. The monoisotopic (exact) mass is 333 g/mol. The number of aryl methyl sites for hydroxylation is 1. The minimum absolute atomic E-state index is 0.138. The predicted octanol–water partition coefficient (Wildman–Crippen LogP) is 4.04. The first-order chi connectivity index (χ1) is 10.7. The highest BCUT2D eigenvalue weighted by atomic mass is 32.2. The first kappa shape index (κ1) is 15.5. The van der Waals surface area contributed by atoms with Gasteiger partial charge in [-0.05, 0) is 31.7 Å². The molecule has 0 aliphatic heterocycles. The van der Waals surface area contributed by atoms with Gasteiger partial charge in [0.2, 0.25) is 5.13 Å². The second-order valence-corrected chi connectivity index (χ2v) is 8.03. The quantitative estimate of drug-likeness (QED) is 0.612. The van der Waals surface area contributed by atoms with Crippen LogP contribution in [0.3, 0.4) is 0 Å². The Balaban J connectivity index is 1.60. The highest BCUT2D eigenvalue weighted by Gasteiger charge is 2.23. The van der Waals surface area contributed by atoms with Gasteiger partial charge in [0.25, 0.3) is 0 Å². The summed E-state index contributed by atoms with van der Waals surface area (Å²) in [6.45, 7) is 4.04. The normalized spacial score (nSPS) is 15.5. The standard InChI is InChI=1S/C16H19N3OS2/c1-3-11-4-6-12(7-5-11)14(20)10(2)21-16-19-18-15(22-16)17-13-8-9-13/h4-7,10,13H,3,8-9H2,1-2H3,(H,17,18). The molecule has 0 radical (unpaired) electrons. The third kappa shape index (κ3) is 3.87. The zero-order chi connectivity index (χ0) is 15.5. The Kier molecular flexibility index (Phi) is 4.78. The van der Waals surface area contributed by atoms with Crippen molar-refractivity contribution in [1.29, 1.82) is 0 Å². The van der Waals surface area contributed by atoms with Crippen LogP contribution in [0.25, 0.3) is 0 Å². The third-order valence-corrected chi connectivity index (χ3v) is 5.64. The lowest BCUT2D eigenvalue weighted by Crippen LogP contribution is -2.13. The van der Waals surface area contributed by atoms with Crippen LogP contribution in [0.2, 0.25) is 0 Å². The maximum absolute atomic E-state index is 12.5. The molecule has 1 atom stereocenters. The first-order valence-corrected chi connectivity index (χ1v) is 9.25. The molecule has 1 aliphatic rings. The Labute approximate surface area is 138 Å². The molecular formula is C16H19N3OS2. The molecule has 0 spiro atoms. The van der Waals surface area contributed by atoms with Crippen molar-refractivity contribution in [3.05, 3.63) is 35.4 Å². The number of ketones is 1. The average molecular weight is 333 g/mol. The third-order valence-electron chi connectivity index (χ3n) is 3.60. The molecule has 3 rings (SSSR count). The number of benzene rings is 1. The summed E-state index contributed by atoms with van der Waals surface area (Å²) in [4.78, 5) is 12.5. The van der Waals surface area contributed by atoms with Crippen LogP contribution < -0.4 is 5.32 Å². The SMILES string of the molecule is CCc1ccc(C(=O)C(C)Sc2nnc(NC3CC3)s2)cc1. The molecule has 1 N–H and O–H groups in total. The molecule has 22 heavy (non-hydrogen) atoms. The number of nitrogens with one attached hydrogen (secondary N) is 1. The molecule has 0 saturated heterocycles. The smallest absolute Gasteiger partial charge is 0.206 e. The number of carbonyl (C=O) groups is 1. The van der Waals surface area contributed by atoms with E-state index in [0.717, 1.165) is 21.5 Å². The number of aromatic nitrogens is 2. The molecule has 116 valence electrons. The van der Waals surface area contributed by atoms with Crippen LogP contribution in [0.5, 0.6) is 0 Å². The van der Waals surface area contributed by atoms with Crippen LogP contribution in [0.15, 0.2) is 28.6 Å². The van der Waals surface area contributed by atoms with Crippen LogP contribution in [-0.4, -0.2) is 27.3 Å². The lowest BCUT2D eigenvalue weighted by molar-refractivity contribution is 0.0994. The lowest BCUT2D eigenvalue weighted by Gasteiger charge is -2.08. The molecule has 4 nitrogen and oxygen atoms in total. The van der Waals surface area contributed by atoms with E-state index in [0.29, 0.717) is 6.04 Å². The molecular weight excluding hydrogens is 314 g/mol. The summed E-state index contributed by atoms with van der Waals surface area (Å²) in [5.74, 6) is 0.138. The second kappa shape index (κ2) is 6.79. The zero-order valence-electron chi connectivity index (χ0n) is 12.7. The van der Waals surface area contributed by atoms with Crippen LogP contribution in [-0.2, 0) is 6.42 Å². The second-order valence-electron chi connectivity index (χ2n) is 5.47. The molecule has 0 bridgehead atoms. The summed E-state index contributed by atoms with van der Waals surface area (Å²) in [5, 5.41) is 12.3.